The van der Waals surface area contributed by atoms with Crippen molar-refractivity contribution in [1.82, 2.24) is 0 Å². The van der Waals surface area contributed by atoms with E-state index < -0.39 is 0 Å². The number of rotatable bonds is 5. The molecule has 0 bridgehead atoms. The van der Waals surface area contributed by atoms with E-state index in [2.05, 4.69) is 35.1 Å². The molecule has 0 spiro atoms. The van der Waals surface area contributed by atoms with E-state index >= 15 is 0 Å². The van der Waals surface area contributed by atoms with Crippen molar-refractivity contribution in [2.24, 2.45) is 5.73 Å². The Morgan fingerprint density at radius 3 is 3.00 bits per heavy atom. The van der Waals surface area contributed by atoms with E-state index in [9.17, 15) is 0 Å². The largest absolute Gasteiger partial charge is 0.371 e. The fourth-order valence-electron chi connectivity index (χ4n) is 2.62. The molecule has 1 aliphatic heterocycles. The molecule has 90 valence electrons. The number of benzene rings is 1. The van der Waals surface area contributed by atoms with Crippen molar-refractivity contribution >= 4 is 5.69 Å². The molecule has 2 N–H and O–H groups in total. The molecule has 1 unspecified atom stereocenters. The highest BCUT2D eigenvalue weighted by Gasteiger charge is 2.26. The first kappa shape index (κ1) is 12.0. The predicted molar refractivity (Wildman–Crippen MR) is 73.1 cm³/mol. The lowest BCUT2D eigenvalue weighted by Crippen LogP contribution is -2.23. The average Bonchev–Trinajstić information content (AvgIpc) is 2.70. The number of unbranched alkanes of at least 4 members (excludes halogenated alkanes) is 1. The van der Waals surface area contributed by atoms with Gasteiger partial charge in [-0.3, -0.25) is 0 Å². The number of para-hydroxylation sites is 1. The van der Waals surface area contributed by atoms with Gasteiger partial charge in [0.15, 0.2) is 0 Å². The average molecular weight is 228 g/mol. The highest BCUT2D eigenvalue weighted by Crippen LogP contribution is 2.37. The monoisotopic (exact) mass is 228 g/mol. The Morgan fingerprint density at radius 1 is 1.41 bits per heavy atom. The summed E-state index contributed by atoms with van der Waals surface area (Å²) in [5.74, 6) is 3.30. The Hall–Kier alpha value is -1.46. The fourth-order valence-corrected chi connectivity index (χ4v) is 2.62. The summed E-state index contributed by atoms with van der Waals surface area (Å²) in [6.07, 6.45) is 8.30. The standard InChI is InChI=1S/C15H20N2/c1-2-3-6-11-17-12-13(9-10-16)14-7-4-5-8-15(14)17/h1,4-5,7-8,13H,3,6,9-12,16H2. The van der Waals surface area contributed by atoms with Crippen molar-refractivity contribution in [2.45, 2.75) is 25.2 Å². The highest BCUT2D eigenvalue weighted by atomic mass is 15.2. The molecule has 1 atom stereocenters. The number of nitrogens with two attached hydrogens (primary N) is 1. The molecule has 0 radical (unpaired) electrons. The lowest BCUT2D eigenvalue weighted by molar-refractivity contribution is 0.637. The van der Waals surface area contributed by atoms with Crippen molar-refractivity contribution in [3.63, 3.8) is 0 Å². The first-order valence-electron chi connectivity index (χ1n) is 6.34. The molecule has 0 saturated heterocycles. The van der Waals surface area contributed by atoms with Gasteiger partial charge in [0.1, 0.15) is 0 Å². The number of terminal acetylenes is 1. The molecule has 0 saturated carbocycles. The number of nitrogens with zero attached hydrogens (tertiary/aromatic N) is 1. The molecule has 2 rings (SSSR count). The van der Waals surface area contributed by atoms with Gasteiger partial charge in [0.05, 0.1) is 0 Å². The molecule has 0 aromatic heterocycles. The first-order valence-corrected chi connectivity index (χ1v) is 6.34. The zero-order valence-electron chi connectivity index (χ0n) is 10.2. The van der Waals surface area contributed by atoms with Crippen LogP contribution in [0, 0.1) is 12.3 Å². The van der Waals surface area contributed by atoms with Crippen molar-refractivity contribution in [1.29, 1.82) is 0 Å². The molecular weight excluding hydrogens is 208 g/mol. The van der Waals surface area contributed by atoms with E-state index in [1.165, 1.54) is 11.3 Å². The molecule has 1 aromatic carbocycles. The van der Waals surface area contributed by atoms with Crippen LogP contribution < -0.4 is 10.6 Å². The van der Waals surface area contributed by atoms with E-state index in [4.69, 9.17) is 12.2 Å². The maximum atomic E-state index is 5.69. The van der Waals surface area contributed by atoms with E-state index in [-0.39, 0.29) is 0 Å². The van der Waals surface area contributed by atoms with Crippen LogP contribution in [-0.4, -0.2) is 19.6 Å². The number of anilines is 1. The van der Waals surface area contributed by atoms with Crippen LogP contribution in [0.15, 0.2) is 24.3 Å². The van der Waals surface area contributed by atoms with Crippen molar-refractivity contribution < 1.29 is 0 Å². The van der Waals surface area contributed by atoms with Crippen LogP contribution in [0.4, 0.5) is 5.69 Å². The third kappa shape index (κ3) is 2.62. The van der Waals surface area contributed by atoms with Gasteiger partial charge in [-0.15, -0.1) is 12.3 Å². The smallest absolute Gasteiger partial charge is 0.0402 e. The van der Waals surface area contributed by atoms with Crippen LogP contribution in [0.5, 0.6) is 0 Å². The van der Waals surface area contributed by atoms with E-state index in [0.717, 1.165) is 38.9 Å². The quantitative estimate of drug-likeness (QED) is 0.619. The fraction of sp³-hybridized carbons (Fsp3) is 0.467. The summed E-state index contributed by atoms with van der Waals surface area (Å²) in [6, 6.07) is 8.67. The minimum Gasteiger partial charge on any atom is -0.371 e. The molecular formula is C15H20N2. The summed E-state index contributed by atoms with van der Waals surface area (Å²) in [6.45, 7) is 2.92. The second-order valence-electron chi connectivity index (χ2n) is 4.59. The highest BCUT2D eigenvalue weighted by molar-refractivity contribution is 5.60. The summed E-state index contributed by atoms with van der Waals surface area (Å²) in [4.78, 5) is 2.45. The molecule has 0 aliphatic carbocycles. The van der Waals surface area contributed by atoms with Gasteiger partial charge < -0.3 is 10.6 Å². The van der Waals surface area contributed by atoms with Crippen LogP contribution in [-0.2, 0) is 0 Å². The minimum absolute atomic E-state index is 0.599. The zero-order chi connectivity index (χ0) is 12.1. The molecule has 0 amide bonds. The van der Waals surface area contributed by atoms with E-state index in [1.54, 1.807) is 0 Å². The summed E-state index contributed by atoms with van der Waals surface area (Å²) < 4.78 is 0. The van der Waals surface area contributed by atoms with Gasteiger partial charge in [0.2, 0.25) is 0 Å². The number of hydrogen-bond donors (Lipinski definition) is 1. The molecule has 1 heterocycles. The molecule has 0 fully saturated rings. The Labute approximate surface area is 104 Å². The van der Waals surface area contributed by atoms with Gasteiger partial charge in [0.25, 0.3) is 0 Å². The third-order valence-corrected chi connectivity index (χ3v) is 3.42. The summed E-state index contributed by atoms with van der Waals surface area (Å²) >= 11 is 0. The number of fused-ring (bicyclic) bond motifs is 1. The Balaban J connectivity index is 2.08. The maximum Gasteiger partial charge on any atom is 0.0402 e. The van der Waals surface area contributed by atoms with Crippen molar-refractivity contribution in [2.75, 3.05) is 24.5 Å². The van der Waals surface area contributed by atoms with Crippen LogP contribution >= 0.6 is 0 Å². The Morgan fingerprint density at radius 2 is 2.24 bits per heavy atom. The SMILES string of the molecule is C#CCCCN1CC(CCN)c2ccccc21. The second-order valence-corrected chi connectivity index (χ2v) is 4.59. The molecule has 17 heavy (non-hydrogen) atoms. The summed E-state index contributed by atoms with van der Waals surface area (Å²) in [5.41, 5.74) is 8.52. The predicted octanol–water partition coefficient (Wildman–Crippen LogP) is 2.35. The number of hydrogen-bond acceptors (Lipinski definition) is 2. The molecule has 1 aliphatic rings. The first-order chi connectivity index (χ1) is 8.36. The van der Waals surface area contributed by atoms with Gasteiger partial charge in [-0.25, -0.2) is 0 Å². The van der Waals surface area contributed by atoms with Gasteiger partial charge >= 0.3 is 0 Å². The van der Waals surface area contributed by atoms with Crippen LogP contribution in [0.1, 0.15) is 30.7 Å². The summed E-state index contributed by atoms with van der Waals surface area (Å²) in [5, 5.41) is 0. The van der Waals surface area contributed by atoms with E-state index in [0.29, 0.717) is 5.92 Å². The van der Waals surface area contributed by atoms with Gasteiger partial charge in [-0.2, -0.15) is 0 Å². The lowest BCUT2D eigenvalue weighted by atomic mass is 9.98. The molecule has 1 aromatic rings. The lowest BCUT2D eigenvalue weighted by Gasteiger charge is -2.19. The van der Waals surface area contributed by atoms with E-state index in [1.807, 2.05) is 0 Å². The Bertz CT molecular complexity index is 406. The molecule has 2 heteroatoms. The third-order valence-electron chi connectivity index (χ3n) is 3.42. The zero-order valence-corrected chi connectivity index (χ0v) is 10.2. The van der Waals surface area contributed by atoms with Crippen LogP contribution in [0.3, 0.4) is 0 Å². The van der Waals surface area contributed by atoms with Crippen LogP contribution in [0.2, 0.25) is 0 Å². The van der Waals surface area contributed by atoms with Crippen molar-refractivity contribution in [3.8, 4) is 12.3 Å². The van der Waals surface area contributed by atoms with Crippen LogP contribution in [0.25, 0.3) is 0 Å². The minimum atomic E-state index is 0.599. The molecule has 2 nitrogen and oxygen atoms in total. The Kier molecular flexibility index (Phi) is 4.06. The van der Waals surface area contributed by atoms with Gasteiger partial charge in [0, 0.05) is 31.1 Å². The van der Waals surface area contributed by atoms with Gasteiger partial charge in [-0.1, -0.05) is 18.2 Å². The second kappa shape index (κ2) is 5.75. The summed E-state index contributed by atoms with van der Waals surface area (Å²) in [7, 11) is 0. The van der Waals surface area contributed by atoms with Crippen molar-refractivity contribution in [3.05, 3.63) is 29.8 Å². The normalized spacial score (nSPS) is 17.9. The topological polar surface area (TPSA) is 29.3 Å². The maximum absolute atomic E-state index is 5.69. The van der Waals surface area contributed by atoms with Gasteiger partial charge in [-0.05, 0) is 31.0 Å².